The highest BCUT2D eigenvalue weighted by Crippen LogP contribution is 2.38. The van der Waals surface area contributed by atoms with Crippen LogP contribution in [0.5, 0.6) is 5.75 Å². The Morgan fingerprint density at radius 1 is 0.840 bits per heavy atom. The lowest BCUT2D eigenvalue weighted by Gasteiger charge is -2.45. The minimum atomic E-state index is 0.289. The molecule has 126 valence electrons. The van der Waals surface area contributed by atoms with Crippen LogP contribution in [-0.4, -0.2) is 23.1 Å². The monoisotopic (exact) mass is 329 g/mol. The zero-order chi connectivity index (χ0) is 17.2. The standard InChI is InChI=1S/C23H23NO/c1-17-12-20(14-22(25)13-17)21-15-24(16-21)23(18-8-4-2-5-9-18)19-10-6-3-7-11-19/h2-14,21,23,25H,15-16H2,1H3. The van der Waals surface area contributed by atoms with Crippen LogP contribution >= 0.6 is 0 Å². The summed E-state index contributed by atoms with van der Waals surface area (Å²) in [5.74, 6) is 0.858. The van der Waals surface area contributed by atoms with Gasteiger partial charge in [-0.25, -0.2) is 0 Å². The van der Waals surface area contributed by atoms with E-state index in [-0.39, 0.29) is 6.04 Å². The molecule has 2 heteroatoms. The number of nitrogens with zero attached hydrogens (tertiary/aromatic N) is 1. The number of hydrogen-bond acceptors (Lipinski definition) is 2. The van der Waals surface area contributed by atoms with Gasteiger partial charge in [-0.15, -0.1) is 0 Å². The molecule has 1 saturated heterocycles. The number of aryl methyl sites for hydroxylation is 1. The van der Waals surface area contributed by atoms with Crippen LogP contribution in [0.2, 0.25) is 0 Å². The summed E-state index contributed by atoms with van der Waals surface area (Å²) in [5.41, 5.74) is 5.03. The lowest BCUT2D eigenvalue weighted by atomic mass is 9.86. The second kappa shape index (κ2) is 6.73. The van der Waals surface area contributed by atoms with E-state index >= 15 is 0 Å². The predicted molar refractivity (Wildman–Crippen MR) is 102 cm³/mol. The van der Waals surface area contributed by atoms with E-state index in [2.05, 4.69) is 71.6 Å². The van der Waals surface area contributed by atoms with Crippen LogP contribution < -0.4 is 0 Å². The third-order valence-corrected chi connectivity index (χ3v) is 5.06. The smallest absolute Gasteiger partial charge is 0.116 e. The first-order chi connectivity index (χ1) is 12.2. The molecule has 0 saturated carbocycles. The second-order valence-electron chi connectivity index (χ2n) is 6.98. The van der Waals surface area contributed by atoms with Crippen LogP contribution in [-0.2, 0) is 0 Å². The fourth-order valence-electron chi connectivity index (χ4n) is 3.85. The van der Waals surface area contributed by atoms with Gasteiger partial charge in [0.15, 0.2) is 0 Å². The van der Waals surface area contributed by atoms with Gasteiger partial charge < -0.3 is 5.11 Å². The first kappa shape index (κ1) is 15.9. The van der Waals surface area contributed by atoms with Crippen LogP contribution in [0.25, 0.3) is 0 Å². The molecule has 0 spiro atoms. The molecule has 0 bridgehead atoms. The minimum absolute atomic E-state index is 0.289. The van der Waals surface area contributed by atoms with Crippen LogP contribution in [0.3, 0.4) is 0 Å². The summed E-state index contributed by atoms with van der Waals surface area (Å²) in [6, 6.07) is 27.6. The quantitative estimate of drug-likeness (QED) is 0.737. The summed E-state index contributed by atoms with van der Waals surface area (Å²) >= 11 is 0. The maximum absolute atomic E-state index is 9.88. The van der Waals surface area contributed by atoms with Gasteiger partial charge in [0.25, 0.3) is 0 Å². The lowest BCUT2D eigenvalue weighted by molar-refractivity contribution is 0.111. The van der Waals surface area contributed by atoms with Crippen molar-refractivity contribution in [3.05, 3.63) is 101 Å². The zero-order valence-electron chi connectivity index (χ0n) is 14.5. The van der Waals surface area contributed by atoms with Gasteiger partial charge in [-0.2, -0.15) is 0 Å². The highest BCUT2D eigenvalue weighted by Gasteiger charge is 2.34. The number of likely N-dealkylation sites (tertiary alicyclic amines) is 1. The van der Waals surface area contributed by atoms with Crippen molar-refractivity contribution < 1.29 is 5.11 Å². The van der Waals surface area contributed by atoms with Gasteiger partial charge in [0.05, 0.1) is 6.04 Å². The van der Waals surface area contributed by atoms with E-state index in [0.29, 0.717) is 11.7 Å². The summed E-state index contributed by atoms with van der Waals surface area (Å²) in [6.45, 7) is 4.06. The molecule has 0 aromatic heterocycles. The molecular weight excluding hydrogens is 306 g/mol. The Hall–Kier alpha value is -2.58. The minimum Gasteiger partial charge on any atom is -0.508 e. The Bertz CT molecular complexity index is 779. The third-order valence-electron chi connectivity index (χ3n) is 5.06. The van der Waals surface area contributed by atoms with Crippen molar-refractivity contribution in [1.82, 2.24) is 4.90 Å². The van der Waals surface area contributed by atoms with Crippen LogP contribution in [0.1, 0.15) is 34.2 Å². The Morgan fingerprint density at radius 3 is 1.92 bits per heavy atom. The number of hydrogen-bond donors (Lipinski definition) is 1. The molecule has 4 rings (SSSR count). The van der Waals surface area contributed by atoms with Gasteiger partial charge in [0.1, 0.15) is 5.75 Å². The van der Waals surface area contributed by atoms with Gasteiger partial charge in [-0.3, -0.25) is 4.90 Å². The molecule has 0 atom stereocenters. The number of phenols is 1. The topological polar surface area (TPSA) is 23.5 Å². The molecule has 0 radical (unpaired) electrons. The Morgan fingerprint density at radius 2 is 1.40 bits per heavy atom. The van der Waals surface area contributed by atoms with Crippen molar-refractivity contribution >= 4 is 0 Å². The molecule has 1 aliphatic rings. The average molecular weight is 329 g/mol. The van der Waals surface area contributed by atoms with E-state index < -0.39 is 0 Å². The molecule has 1 N–H and O–H groups in total. The number of aromatic hydroxyl groups is 1. The maximum atomic E-state index is 9.88. The summed E-state index contributed by atoms with van der Waals surface area (Å²) in [7, 11) is 0. The van der Waals surface area contributed by atoms with Gasteiger partial charge >= 0.3 is 0 Å². The number of phenolic OH excluding ortho intramolecular Hbond substituents is 1. The van der Waals surface area contributed by atoms with Crippen LogP contribution in [0.4, 0.5) is 0 Å². The number of rotatable bonds is 4. The van der Waals surface area contributed by atoms with Crippen molar-refractivity contribution in [3.8, 4) is 5.75 Å². The van der Waals surface area contributed by atoms with Gasteiger partial charge in [-0.05, 0) is 41.3 Å². The normalized spacial score (nSPS) is 15.3. The van der Waals surface area contributed by atoms with E-state index in [9.17, 15) is 5.11 Å². The largest absolute Gasteiger partial charge is 0.508 e. The van der Waals surface area contributed by atoms with Crippen molar-refractivity contribution in [1.29, 1.82) is 0 Å². The molecule has 2 nitrogen and oxygen atoms in total. The second-order valence-corrected chi connectivity index (χ2v) is 6.98. The summed E-state index contributed by atoms with van der Waals surface area (Å²) in [4.78, 5) is 2.52. The van der Waals surface area contributed by atoms with Gasteiger partial charge in [-0.1, -0.05) is 66.7 Å². The molecule has 25 heavy (non-hydrogen) atoms. The van der Waals surface area contributed by atoms with E-state index in [1.807, 2.05) is 19.1 Å². The first-order valence-corrected chi connectivity index (χ1v) is 8.85. The van der Waals surface area contributed by atoms with Crippen molar-refractivity contribution in [3.63, 3.8) is 0 Å². The van der Waals surface area contributed by atoms with E-state index in [0.717, 1.165) is 18.7 Å². The van der Waals surface area contributed by atoms with Crippen molar-refractivity contribution in [2.75, 3.05) is 13.1 Å². The van der Waals surface area contributed by atoms with Crippen molar-refractivity contribution in [2.24, 2.45) is 0 Å². The highest BCUT2D eigenvalue weighted by molar-refractivity contribution is 5.38. The molecule has 3 aromatic rings. The summed E-state index contributed by atoms with van der Waals surface area (Å²) < 4.78 is 0. The van der Waals surface area contributed by atoms with Crippen LogP contribution in [0.15, 0.2) is 78.9 Å². The third kappa shape index (κ3) is 3.31. The number of benzene rings is 3. The Labute approximate surface area is 149 Å². The molecule has 0 amide bonds. The van der Waals surface area contributed by atoms with E-state index in [1.54, 1.807) is 0 Å². The Balaban J connectivity index is 1.58. The zero-order valence-corrected chi connectivity index (χ0v) is 14.5. The van der Waals surface area contributed by atoms with E-state index in [1.165, 1.54) is 16.7 Å². The van der Waals surface area contributed by atoms with Crippen molar-refractivity contribution in [2.45, 2.75) is 18.9 Å². The summed E-state index contributed by atoms with van der Waals surface area (Å²) in [5, 5.41) is 9.88. The highest BCUT2D eigenvalue weighted by atomic mass is 16.3. The molecule has 1 aliphatic heterocycles. The molecule has 3 aromatic carbocycles. The predicted octanol–water partition coefficient (Wildman–Crippen LogP) is 4.89. The lowest BCUT2D eigenvalue weighted by Crippen LogP contribution is -2.47. The van der Waals surface area contributed by atoms with Gasteiger partial charge in [0.2, 0.25) is 0 Å². The Kier molecular flexibility index (Phi) is 4.29. The van der Waals surface area contributed by atoms with E-state index in [4.69, 9.17) is 0 Å². The fourth-order valence-corrected chi connectivity index (χ4v) is 3.85. The first-order valence-electron chi connectivity index (χ1n) is 8.85. The SMILES string of the molecule is Cc1cc(O)cc(C2CN(C(c3ccccc3)c3ccccc3)C2)c1. The summed E-state index contributed by atoms with van der Waals surface area (Å²) in [6.07, 6.45) is 0. The average Bonchev–Trinajstić information content (AvgIpc) is 2.58. The molecule has 1 fully saturated rings. The van der Waals surface area contributed by atoms with Gasteiger partial charge in [0, 0.05) is 19.0 Å². The fraction of sp³-hybridized carbons (Fsp3) is 0.217. The van der Waals surface area contributed by atoms with Crippen LogP contribution in [0, 0.1) is 6.92 Å². The maximum Gasteiger partial charge on any atom is 0.116 e. The molecular formula is C23H23NO. The molecule has 1 heterocycles. The molecule has 0 aliphatic carbocycles. The molecule has 0 unspecified atom stereocenters.